The number of rotatable bonds is 6. The van der Waals surface area contributed by atoms with Crippen LogP contribution in [0.1, 0.15) is 35.6 Å². The Morgan fingerprint density at radius 2 is 2.00 bits per heavy atom. The van der Waals surface area contributed by atoms with Crippen molar-refractivity contribution in [2.75, 3.05) is 23.3 Å². The highest BCUT2D eigenvalue weighted by Crippen LogP contribution is 2.23. The molecule has 0 aliphatic carbocycles. The average molecular weight is 369 g/mol. The molecule has 1 N–H and O–H groups in total. The fourth-order valence-electron chi connectivity index (χ4n) is 3.01. The van der Waals surface area contributed by atoms with Crippen LogP contribution in [0.4, 0.5) is 11.5 Å². The third kappa shape index (κ3) is 3.48. The zero-order valence-electron chi connectivity index (χ0n) is 15.5. The molecule has 0 saturated heterocycles. The van der Waals surface area contributed by atoms with Gasteiger partial charge in [-0.25, -0.2) is 9.97 Å². The van der Waals surface area contributed by atoms with E-state index in [0.29, 0.717) is 11.3 Å². The van der Waals surface area contributed by atoms with Gasteiger partial charge in [-0.1, -0.05) is 0 Å². The van der Waals surface area contributed by atoms with Crippen molar-refractivity contribution in [2.24, 2.45) is 0 Å². The van der Waals surface area contributed by atoms with Crippen LogP contribution >= 0.6 is 11.3 Å². The number of hydrogen-bond acceptors (Lipinski definition) is 5. The lowest BCUT2D eigenvalue weighted by Gasteiger charge is -2.19. The fraction of sp³-hybridized carbons (Fsp3) is 0.316. The van der Waals surface area contributed by atoms with Crippen molar-refractivity contribution in [2.45, 2.75) is 27.7 Å². The maximum absolute atomic E-state index is 12.7. The van der Waals surface area contributed by atoms with Crippen molar-refractivity contribution in [3.05, 3.63) is 52.9 Å². The van der Waals surface area contributed by atoms with E-state index in [1.165, 1.54) is 0 Å². The molecule has 3 heterocycles. The van der Waals surface area contributed by atoms with Gasteiger partial charge in [0.05, 0.1) is 17.4 Å². The van der Waals surface area contributed by atoms with Crippen LogP contribution < -0.4 is 10.2 Å². The molecule has 0 bridgehead atoms. The summed E-state index contributed by atoms with van der Waals surface area (Å²) in [6.45, 7) is 9.91. The van der Waals surface area contributed by atoms with Crippen molar-refractivity contribution in [1.82, 2.24) is 14.5 Å². The minimum atomic E-state index is -0.140. The highest BCUT2D eigenvalue weighted by atomic mass is 32.1. The molecule has 0 fully saturated rings. The number of carbonyl (C=O) groups is 1. The lowest BCUT2D eigenvalue weighted by Crippen LogP contribution is -2.22. The predicted molar refractivity (Wildman–Crippen MR) is 107 cm³/mol. The lowest BCUT2D eigenvalue weighted by molar-refractivity contribution is 0.102. The van der Waals surface area contributed by atoms with Crippen molar-refractivity contribution in [1.29, 1.82) is 0 Å². The summed E-state index contributed by atoms with van der Waals surface area (Å²) in [4.78, 5) is 23.7. The molecule has 0 aromatic carbocycles. The average Bonchev–Trinajstić information content (AvgIpc) is 3.25. The number of aryl methyl sites for hydroxylation is 1. The number of hydrogen-bond donors (Lipinski definition) is 1. The number of thiazole rings is 1. The SMILES string of the molecule is CCN(CC)c1ccc(NC(=O)c2cc(C)n(-c3nccs3)c2C)cn1. The zero-order valence-corrected chi connectivity index (χ0v) is 16.3. The fourth-order valence-corrected chi connectivity index (χ4v) is 3.76. The Morgan fingerprint density at radius 3 is 2.58 bits per heavy atom. The molecule has 0 radical (unpaired) electrons. The minimum Gasteiger partial charge on any atom is -0.357 e. The molecule has 0 saturated carbocycles. The third-order valence-electron chi connectivity index (χ3n) is 4.38. The number of amides is 1. The van der Waals surface area contributed by atoms with Gasteiger partial charge in [-0.3, -0.25) is 9.36 Å². The second kappa shape index (κ2) is 7.70. The lowest BCUT2D eigenvalue weighted by atomic mass is 10.2. The van der Waals surface area contributed by atoms with Gasteiger partial charge in [0.15, 0.2) is 5.13 Å². The normalized spacial score (nSPS) is 10.8. The van der Waals surface area contributed by atoms with E-state index in [9.17, 15) is 4.79 Å². The largest absolute Gasteiger partial charge is 0.357 e. The van der Waals surface area contributed by atoms with Crippen LogP contribution in [0.3, 0.4) is 0 Å². The quantitative estimate of drug-likeness (QED) is 0.712. The van der Waals surface area contributed by atoms with E-state index in [-0.39, 0.29) is 5.91 Å². The number of pyridine rings is 1. The molecule has 136 valence electrons. The van der Waals surface area contributed by atoms with Crippen molar-refractivity contribution in [3.63, 3.8) is 0 Å². The van der Waals surface area contributed by atoms with Gasteiger partial charge in [0, 0.05) is 36.1 Å². The molecular weight excluding hydrogens is 346 g/mol. The molecule has 0 atom stereocenters. The molecular formula is C19H23N5OS. The van der Waals surface area contributed by atoms with Crippen LogP contribution in [-0.2, 0) is 0 Å². The Bertz CT molecular complexity index is 880. The molecule has 0 spiro atoms. The first-order valence-corrected chi connectivity index (χ1v) is 9.54. The van der Waals surface area contributed by atoms with Crippen LogP contribution in [0.15, 0.2) is 36.0 Å². The number of carbonyl (C=O) groups excluding carboxylic acids is 1. The molecule has 0 unspecified atom stereocenters. The summed E-state index contributed by atoms with van der Waals surface area (Å²) < 4.78 is 2.00. The van der Waals surface area contributed by atoms with Gasteiger partial charge in [-0.2, -0.15) is 0 Å². The van der Waals surface area contributed by atoms with Gasteiger partial charge in [-0.15, -0.1) is 11.3 Å². The number of anilines is 2. The number of aromatic nitrogens is 3. The minimum absolute atomic E-state index is 0.140. The molecule has 3 aromatic heterocycles. The second-order valence-corrected chi connectivity index (χ2v) is 6.84. The molecule has 1 amide bonds. The summed E-state index contributed by atoms with van der Waals surface area (Å²) in [7, 11) is 0. The summed E-state index contributed by atoms with van der Waals surface area (Å²) in [5.41, 5.74) is 3.19. The Morgan fingerprint density at radius 1 is 1.23 bits per heavy atom. The molecule has 0 aliphatic heterocycles. The summed E-state index contributed by atoms with van der Waals surface area (Å²) in [5.74, 6) is 0.772. The Labute approximate surface area is 157 Å². The topological polar surface area (TPSA) is 63.1 Å². The predicted octanol–water partition coefficient (Wildman–Crippen LogP) is 4.04. The van der Waals surface area contributed by atoms with Gasteiger partial charge in [0.25, 0.3) is 5.91 Å². The van der Waals surface area contributed by atoms with Gasteiger partial charge >= 0.3 is 0 Å². The van der Waals surface area contributed by atoms with Crippen LogP contribution in [0.2, 0.25) is 0 Å². The number of nitrogens with zero attached hydrogens (tertiary/aromatic N) is 4. The Hall–Kier alpha value is -2.67. The van der Waals surface area contributed by atoms with Gasteiger partial charge in [0.2, 0.25) is 0 Å². The van der Waals surface area contributed by atoms with Crippen LogP contribution in [0, 0.1) is 13.8 Å². The highest BCUT2D eigenvalue weighted by molar-refractivity contribution is 7.12. The van der Waals surface area contributed by atoms with Gasteiger partial charge in [-0.05, 0) is 45.9 Å². The van der Waals surface area contributed by atoms with Crippen molar-refractivity contribution < 1.29 is 4.79 Å². The van der Waals surface area contributed by atoms with E-state index in [2.05, 4.69) is 34.0 Å². The summed E-state index contributed by atoms with van der Waals surface area (Å²) >= 11 is 1.55. The van der Waals surface area contributed by atoms with Crippen molar-refractivity contribution >= 4 is 28.7 Å². The van der Waals surface area contributed by atoms with Gasteiger partial charge < -0.3 is 10.2 Å². The molecule has 3 rings (SSSR count). The molecule has 0 aliphatic rings. The van der Waals surface area contributed by atoms with Crippen LogP contribution in [0.25, 0.3) is 5.13 Å². The first-order chi connectivity index (χ1) is 12.5. The summed E-state index contributed by atoms with van der Waals surface area (Å²) in [5, 5.41) is 5.73. The van der Waals surface area contributed by atoms with Gasteiger partial charge in [0.1, 0.15) is 5.82 Å². The highest BCUT2D eigenvalue weighted by Gasteiger charge is 2.18. The smallest absolute Gasteiger partial charge is 0.257 e. The maximum atomic E-state index is 12.7. The standard InChI is InChI=1S/C19H23N5OS/c1-5-23(6-2)17-8-7-15(12-21-17)22-18(25)16-11-13(3)24(14(16)4)19-20-9-10-26-19/h7-12H,5-6H2,1-4H3,(H,22,25). The van der Waals surface area contributed by atoms with E-state index in [1.54, 1.807) is 23.7 Å². The first kappa shape index (κ1) is 18.1. The van der Waals surface area contributed by atoms with E-state index in [0.717, 1.165) is 35.4 Å². The first-order valence-electron chi connectivity index (χ1n) is 8.66. The monoisotopic (exact) mass is 369 g/mol. The van der Waals surface area contributed by atoms with E-state index in [1.807, 2.05) is 42.0 Å². The molecule has 7 heteroatoms. The Balaban J connectivity index is 1.80. The Kier molecular flexibility index (Phi) is 5.37. The summed E-state index contributed by atoms with van der Waals surface area (Å²) in [6, 6.07) is 5.71. The van der Waals surface area contributed by atoms with E-state index >= 15 is 0 Å². The summed E-state index contributed by atoms with van der Waals surface area (Å²) in [6.07, 6.45) is 3.47. The molecule has 26 heavy (non-hydrogen) atoms. The van der Waals surface area contributed by atoms with Crippen molar-refractivity contribution in [3.8, 4) is 5.13 Å². The maximum Gasteiger partial charge on any atom is 0.257 e. The molecule has 6 nitrogen and oxygen atoms in total. The molecule has 3 aromatic rings. The number of nitrogens with one attached hydrogen (secondary N) is 1. The van der Waals surface area contributed by atoms with E-state index in [4.69, 9.17) is 0 Å². The third-order valence-corrected chi connectivity index (χ3v) is 5.14. The second-order valence-electron chi connectivity index (χ2n) is 5.97. The zero-order chi connectivity index (χ0) is 18.7. The van der Waals surface area contributed by atoms with Crippen LogP contribution in [0.5, 0.6) is 0 Å². The van der Waals surface area contributed by atoms with Crippen LogP contribution in [-0.4, -0.2) is 33.5 Å². The van der Waals surface area contributed by atoms with E-state index < -0.39 is 0 Å².